The summed E-state index contributed by atoms with van der Waals surface area (Å²) in [5, 5.41) is 0.367. The Balaban J connectivity index is 0.000001000. The molecule has 0 aliphatic heterocycles. The molecule has 0 bridgehead atoms. The van der Waals surface area contributed by atoms with Crippen LogP contribution in [0.25, 0.3) is 22.2 Å². The van der Waals surface area contributed by atoms with Crippen LogP contribution in [0.3, 0.4) is 0 Å². The maximum atomic E-state index is 13.3. The first-order valence-corrected chi connectivity index (χ1v) is 5.71. The first-order chi connectivity index (χ1) is 8.61. The highest BCUT2D eigenvalue weighted by atomic mass is 79.9. The maximum Gasteiger partial charge on any atom is 0.198 e. The van der Waals surface area contributed by atoms with E-state index in [1.807, 2.05) is 18.2 Å². The first-order valence-electron chi connectivity index (χ1n) is 5.33. The van der Waals surface area contributed by atoms with Gasteiger partial charge in [-0.25, -0.2) is 9.37 Å². The van der Waals surface area contributed by atoms with Gasteiger partial charge in [0, 0.05) is 5.02 Å². The first kappa shape index (κ1) is 16.9. The van der Waals surface area contributed by atoms with Crippen LogP contribution in [0.2, 0.25) is 5.02 Å². The Bertz CT molecular complexity index is 725. The van der Waals surface area contributed by atoms with E-state index in [4.69, 9.17) is 17.3 Å². The lowest BCUT2D eigenvalue weighted by atomic mass is 10.1. The van der Waals surface area contributed by atoms with Crippen molar-refractivity contribution in [2.75, 3.05) is 5.73 Å². The van der Waals surface area contributed by atoms with Crippen molar-refractivity contribution in [1.82, 2.24) is 9.97 Å². The van der Waals surface area contributed by atoms with Crippen LogP contribution in [0.1, 0.15) is 0 Å². The molecule has 1 aromatic heterocycles. The van der Waals surface area contributed by atoms with Crippen LogP contribution in [0.4, 0.5) is 10.3 Å². The molecule has 0 spiro atoms. The summed E-state index contributed by atoms with van der Waals surface area (Å²) in [7, 11) is 0. The minimum Gasteiger partial charge on any atom is -0.369 e. The molecule has 2 aromatic carbocycles. The van der Waals surface area contributed by atoms with E-state index in [1.165, 1.54) is 12.1 Å². The fraction of sp³-hybridized carbons (Fsp3) is 0. The molecule has 0 saturated heterocycles. The number of H-pyrrole nitrogens is 1. The predicted molar refractivity (Wildman–Crippen MR) is 91.6 cm³/mol. The highest BCUT2D eigenvalue weighted by molar-refractivity contribution is 8.93. The molecule has 20 heavy (non-hydrogen) atoms. The van der Waals surface area contributed by atoms with Gasteiger partial charge in [0.1, 0.15) is 5.82 Å². The van der Waals surface area contributed by atoms with Crippen LogP contribution < -0.4 is 5.73 Å². The average molecular weight is 424 g/mol. The largest absolute Gasteiger partial charge is 0.369 e. The number of nitrogens with one attached hydrogen (secondary N) is 1. The number of rotatable bonds is 1. The van der Waals surface area contributed by atoms with Gasteiger partial charge < -0.3 is 10.7 Å². The second kappa shape index (κ2) is 6.56. The Morgan fingerprint density at radius 2 is 1.80 bits per heavy atom. The van der Waals surface area contributed by atoms with E-state index in [0.717, 1.165) is 16.6 Å². The van der Waals surface area contributed by atoms with Crippen molar-refractivity contribution < 1.29 is 4.39 Å². The zero-order chi connectivity index (χ0) is 12.7. The number of halogens is 4. The zero-order valence-electron chi connectivity index (χ0n) is 10.1. The number of anilines is 1. The third-order valence-corrected chi connectivity index (χ3v) is 2.92. The Labute approximate surface area is 140 Å². The van der Waals surface area contributed by atoms with E-state index in [2.05, 4.69) is 9.97 Å². The minimum atomic E-state index is -0.362. The Hall–Kier alpha value is -1.11. The second-order valence-corrected chi connectivity index (χ2v) is 4.45. The minimum absolute atomic E-state index is 0. The number of nitrogens with two attached hydrogens (primary N) is 1. The molecule has 0 amide bonds. The van der Waals surface area contributed by atoms with Crippen molar-refractivity contribution in [3.63, 3.8) is 0 Å². The Morgan fingerprint density at radius 1 is 1.05 bits per heavy atom. The summed E-state index contributed by atoms with van der Waals surface area (Å²) < 4.78 is 13.3. The van der Waals surface area contributed by atoms with Gasteiger partial charge in [0.25, 0.3) is 0 Å². The molecule has 1 heterocycles. The van der Waals surface area contributed by atoms with Crippen molar-refractivity contribution in [3.05, 3.63) is 47.2 Å². The third kappa shape index (κ3) is 3.31. The zero-order valence-corrected chi connectivity index (χ0v) is 14.2. The van der Waals surface area contributed by atoms with Gasteiger partial charge in [0.2, 0.25) is 0 Å². The van der Waals surface area contributed by atoms with Gasteiger partial charge in [0.15, 0.2) is 5.95 Å². The summed E-state index contributed by atoms with van der Waals surface area (Å²) in [5.41, 5.74) is 8.72. The molecule has 0 saturated carbocycles. The fourth-order valence-electron chi connectivity index (χ4n) is 1.93. The van der Waals surface area contributed by atoms with E-state index >= 15 is 0 Å². The molecule has 0 fully saturated rings. The highest BCUT2D eigenvalue weighted by Crippen LogP contribution is 2.27. The second-order valence-electron chi connectivity index (χ2n) is 4.01. The van der Waals surface area contributed by atoms with E-state index in [1.54, 1.807) is 6.07 Å². The van der Waals surface area contributed by atoms with Gasteiger partial charge in [-0.1, -0.05) is 17.7 Å². The van der Waals surface area contributed by atoms with Crippen LogP contribution in [-0.4, -0.2) is 9.97 Å². The maximum absolute atomic E-state index is 13.3. The standard InChI is InChI=1S/C13H9ClFN3.2BrH/c14-9-3-8(4-10(15)6-9)7-1-2-11-12(5-7)18-13(16)17-11;;/h1-6H,(H3,16,17,18);2*1H. The molecular formula is C13H11Br2ClFN3. The molecule has 106 valence electrons. The number of aromatic nitrogens is 2. The Kier molecular flexibility index (Phi) is 5.56. The molecule has 3 N–H and O–H groups in total. The fourth-order valence-corrected chi connectivity index (χ4v) is 2.15. The number of hydrogen-bond donors (Lipinski definition) is 2. The van der Waals surface area contributed by atoms with Gasteiger partial charge in [-0.15, -0.1) is 34.0 Å². The number of hydrogen-bond acceptors (Lipinski definition) is 2. The summed E-state index contributed by atoms with van der Waals surface area (Å²) in [6, 6.07) is 9.98. The number of aromatic amines is 1. The Morgan fingerprint density at radius 3 is 2.50 bits per heavy atom. The summed E-state index contributed by atoms with van der Waals surface area (Å²) in [6.07, 6.45) is 0. The highest BCUT2D eigenvalue weighted by Gasteiger charge is 2.05. The van der Waals surface area contributed by atoms with Gasteiger partial charge in [-0.05, 0) is 41.5 Å². The van der Waals surface area contributed by atoms with Gasteiger partial charge in [-0.2, -0.15) is 0 Å². The smallest absolute Gasteiger partial charge is 0.198 e. The summed E-state index contributed by atoms with van der Waals surface area (Å²) in [4.78, 5) is 7.07. The molecule has 3 rings (SSSR count). The van der Waals surface area contributed by atoms with Crippen LogP contribution >= 0.6 is 45.6 Å². The number of imidazole rings is 1. The lowest BCUT2D eigenvalue weighted by molar-refractivity contribution is 0.628. The molecule has 0 aliphatic rings. The van der Waals surface area contributed by atoms with Crippen LogP contribution in [-0.2, 0) is 0 Å². The molecule has 3 nitrogen and oxygen atoms in total. The van der Waals surface area contributed by atoms with E-state index in [0.29, 0.717) is 16.5 Å². The average Bonchev–Trinajstić information content (AvgIpc) is 2.66. The predicted octanol–water partition coefficient (Wildman–Crippen LogP) is 4.76. The van der Waals surface area contributed by atoms with Crippen molar-refractivity contribution in [1.29, 1.82) is 0 Å². The third-order valence-electron chi connectivity index (χ3n) is 2.70. The summed E-state index contributed by atoms with van der Waals surface area (Å²) >= 11 is 5.84. The van der Waals surface area contributed by atoms with Gasteiger partial charge in [0.05, 0.1) is 11.0 Å². The lowest BCUT2D eigenvalue weighted by Gasteiger charge is -2.02. The molecule has 0 aliphatic carbocycles. The molecule has 0 unspecified atom stereocenters. The van der Waals surface area contributed by atoms with Gasteiger partial charge >= 0.3 is 0 Å². The molecule has 3 aromatic rings. The topological polar surface area (TPSA) is 54.7 Å². The SMILES string of the molecule is Br.Br.Nc1nc2cc(-c3cc(F)cc(Cl)c3)ccc2[nH]1. The number of fused-ring (bicyclic) bond motifs is 1. The van der Waals surface area contributed by atoms with E-state index < -0.39 is 0 Å². The molecule has 7 heteroatoms. The van der Waals surface area contributed by atoms with E-state index in [9.17, 15) is 4.39 Å². The molecular weight excluding hydrogens is 412 g/mol. The summed E-state index contributed by atoms with van der Waals surface area (Å²) in [6.45, 7) is 0. The molecule has 0 atom stereocenters. The lowest BCUT2D eigenvalue weighted by Crippen LogP contribution is -1.84. The van der Waals surface area contributed by atoms with Crippen molar-refractivity contribution >= 4 is 62.5 Å². The number of nitrogen functional groups attached to an aromatic ring is 1. The normalized spacial score (nSPS) is 9.90. The van der Waals surface area contributed by atoms with Crippen LogP contribution in [0.15, 0.2) is 36.4 Å². The van der Waals surface area contributed by atoms with Crippen molar-refractivity contribution in [2.24, 2.45) is 0 Å². The number of nitrogens with zero attached hydrogens (tertiary/aromatic N) is 1. The van der Waals surface area contributed by atoms with Crippen molar-refractivity contribution in [2.45, 2.75) is 0 Å². The molecule has 0 radical (unpaired) electrons. The van der Waals surface area contributed by atoms with E-state index in [-0.39, 0.29) is 39.8 Å². The van der Waals surface area contributed by atoms with Gasteiger partial charge in [-0.3, -0.25) is 0 Å². The van der Waals surface area contributed by atoms with Crippen LogP contribution in [0.5, 0.6) is 0 Å². The monoisotopic (exact) mass is 421 g/mol. The van der Waals surface area contributed by atoms with Crippen molar-refractivity contribution in [3.8, 4) is 11.1 Å². The summed E-state index contributed by atoms with van der Waals surface area (Å²) in [5.74, 6) is -0.00133. The van der Waals surface area contributed by atoms with Crippen LogP contribution in [0, 0.1) is 5.82 Å². The number of benzene rings is 2. The quantitative estimate of drug-likeness (QED) is 0.593.